The molecule has 0 aliphatic heterocycles. The molecule has 0 aliphatic carbocycles. The average molecular weight is 465 g/mol. The van der Waals surface area contributed by atoms with Gasteiger partial charge in [0.1, 0.15) is 5.75 Å². The van der Waals surface area contributed by atoms with Gasteiger partial charge in [0.25, 0.3) is 15.9 Å². The number of imidazole rings is 1. The van der Waals surface area contributed by atoms with Crippen LogP contribution in [-0.4, -0.2) is 37.5 Å². The van der Waals surface area contributed by atoms with Gasteiger partial charge in [-0.15, -0.1) is 0 Å². The Morgan fingerprint density at radius 2 is 1.73 bits per heavy atom. The fourth-order valence-corrected chi connectivity index (χ4v) is 4.53. The Morgan fingerprint density at radius 3 is 2.52 bits per heavy atom. The van der Waals surface area contributed by atoms with Gasteiger partial charge in [0.05, 0.1) is 35.1 Å². The molecule has 0 atom stereocenters. The van der Waals surface area contributed by atoms with Gasteiger partial charge >= 0.3 is 0 Å². The van der Waals surface area contributed by atoms with E-state index in [2.05, 4.69) is 19.6 Å². The maximum atomic E-state index is 12.7. The normalized spacial score (nSPS) is 11.3. The molecule has 4 aromatic rings. The number of aromatic nitrogens is 2. The number of sulfonamides is 1. The molecule has 1 amide bonds. The second-order valence-corrected chi connectivity index (χ2v) is 9.05. The first-order valence-corrected chi connectivity index (χ1v) is 11.9. The van der Waals surface area contributed by atoms with Gasteiger partial charge in [-0.1, -0.05) is 24.3 Å². The Hall–Kier alpha value is -3.85. The Balaban J connectivity index is 1.33. The van der Waals surface area contributed by atoms with Crippen LogP contribution in [0.25, 0.3) is 11.0 Å². The summed E-state index contributed by atoms with van der Waals surface area (Å²) >= 11 is 0. The predicted octanol–water partition coefficient (Wildman–Crippen LogP) is 3.67. The summed E-state index contributed by atoms with van der Waals surface area (Å²) in [6.07, 6.45) is 2.53. The number of anilines is 1. The fourth-order valence-electron chi connectivity index (χ4n) is 3.46. The minimum atomic E-state index is -3.82. The summed E-state index contributed by atoms with van der Waals surface area (Å²) in [6, 6.07) is 20.4. The molecule has 0 unspecified atom stereocenters. The molecule has 170 valence electrons. The van der Waals surface area contributed by atoms with Crippen molar-refractivity contribution in [2.45, 2.75) is 17.9 Å². The summed E-state index contributed by atoms with van der Waals surface area (Å²) in [6.45, 7) is 1.22. The van der Waals surface area contributed by atoms with Crippen LogP contribution in [0.2, 0.25) is 0 Å². The SMILES string of the molecule is COc1ccccc1NS(=O)(=O)c1ccc(C(=O)NCCCn2cnc3ccccc32)cc1. The zero-order valence-electron chi connectivity index (χ0n) is 18.1. The van der Waals surface area contributed by atoms with E-state index in [0.717, 1.165) is 24.0 Å². The van der Waals surface area contributed by atoms with Crippen molar-refractivity contribution in [2.75, 3.05) is 18.4 Å². The maximum Gasteiger partial charge on any atom is 0.262 e. The molecule has 0 aliphatic rings. The number of aryl methyl sites for hydroxylation is 1. The van der Waals surface area contributed by atoms with Gasteiger partial charge in [-0.25, -0.2) is 13.4 Å². The van der Waals surface area contributed by atoms with E-state index in [0.29, 0.717) is 23.5 Å². The lowest BCUT2D eigenvalue weighted by Crippen LogP contribution is -2.25. The molecule has 3 aromatic carbocycles. The number of para-hydroxylation sites is 4. The number of hydrogen-bond acceptors (Lipinski definition) is 5. The molecule has 33 heavy (non-hydrogen) atoms. The van der Waals surface area contributed by atoms with Crippen molar-refractivity contribution in [3.63, 3.8) is 0 Å². The van der Waals surface area contributed by atoms with Crippen molar-refractivity contribution in [1.29, 1.82) is 0 Å². The number of carbonyl (C=O) groups excluding carboxylic acids is 1. The maximum absolute atomic E-state index is 12.7. The summed E-state index contributed by atoms with van der Waals surface area (Å²) in [5.41, 5.74) is 2.73. The van der Waals surface area contributed by atoms with Gasteiger partial charge < -0.3 is 14.6 Å². The third kappa shape index (κ3) is 5.15. The number of nitrogens with one attached hydrogen (secondary N) is 2. The average Bonchev–Trinajstić information content (AvgIpc) is 3.25. The highest BCUT2D eigenvalue weighted by Gasteiger charge is 2.17. The molecular weight excluding hydrogens is 440 g/mol. The van der Waals surface area contributed by atoms with Crippen molar-refractivity contribution in [3.05, 3.63) is 84.7 Å². The van der Waals surface area contributed by atoms with E-state index in [1.807, 2.05) is 24.3 Å². The molecular formula is C24H24N4O4S. The lowest BCUT2D eigenvalue weighted by atomic mass is 10.2. The van der Waals surface area contributed by atoms with E-state index in [1.165, 1.54) is 31.4 Å². The second kappa shape index (κ2) is 9.74. The molecule has 1 aromatic heterocycles. The van der Waals surface area contributed by atoms with E-state index in [-0.39, 0.29) is 10.8 Å². The Kier molecular flexibility index (Phi) is 6.60. The zero-order valence-corrected chi connectivity index (χ0v) is 18.9. The number of nitrogens with zero attached hydrogens (tertiary/aromatic N) is 2. The molecule has 4 rings (SSSR count). The van der Waals surface area contributed by atoms with Crippen LogP contribution < -0.4 is 14.8 Å². The lowest BCUT2D eigenvalue weighted by molar-refractivity contribution is 0.0952. The van der Waals surface area contributed by atoms with Crippen molar-refractivity contribution < 1.29 is 17.9 Å². The fraction of sp³-hybridized carbons (Fsp3) is 0.167. The van der Waals surface area contributed by atoms with Crippen molar-refractivity contribution >= 4 is 32.7 Å². The van der Waals surface area contributed by atoms with Crippen molar-refractivity contribution in [3.8, 4) is 5.75 Å². The minimum absolute atomic E-state index is 0.0527. The van der Waals surface area contributed by atoms with Gasteiger partial charge in [0.15, 0.2) is 0 Å². The van der Waals surface area contributed by atoms with Crippen LogP contribution in [-0.2, 0) is 16.6 Å². The van der Waals surface area contributed by atoms with E-state index in [4.69, 9.17) is 4.74 Å². The van der Waals surface area contributed by atoms with Gasteiger partial charge in [-0.3, -0.25) is 9.52 Å². The highest BCUT2D eigenvalue weighted by Crippen LogP contribution is 2.26. The first-order chi connectivity index (χ1) is 16.0. The number of benzene rings is 3. The van der Waals surface area contributed by atoms with Crippen LogP contribution in [0, 0.1) is 0 Å². The van der Waals surface area contributed by atoms with E-state index in [1.54, 1.807) is 30.6 Å². The molecule has 8 nitrogen and oxygen atoms in total. The van der Waals surface area contributed by atoms with Crippen LogP contribution in [0.1, 0.15) is 16.8 Å². The minimum Gasteiger partial charge on any atom is -0.495 e. The number of carbonyl (C=O) groups is 1. The smallest absolute Gasteiger partial charge is 0.262 e. The summed E-state index contributed by atoms with van der Waals surface area (Å²) in [4.78, 5) is 16.9. The number of methoxy groups -OCH3 is 1. The topological polar surface area (TPSA) is 102 Å². The standard InChI is InChI=1S/C24H24N4O4S/c1-32-23-10-5-3-8-21(23)27-33(30,31)19-13-11-18(12-14-19)24(29)25-15-6-16-28-17-26-20-7-2-4-9-22(20)28/h2-5,7-14,17,27H,6,15-16H2,1H3,(H,25,29). The van der Waals surface area contributed by atoms with Crippen LogP contribution >= 0.6 is 0 Å². The Morgan fingerprint density at radius 1 is 1.00 bits per heavy atom. The Bertz CT molecular complexity index is 1360. The zero-order chi connectivity index (χ0) is 23.3. The Labute approximate surface area is 192 Å². The number of amides is 1. The molecule has 0 spiro atoms. The quantitative estimate of drug-likeness (QED) is 0.368. The van der Waals surface area contributed by atoms with E-state index < -0.39 is 10.0 Å². The highest BCUT2D eigenvalue weighted by atomic mass is 32.2. The van der Waals surface area contributed by atoms with Gasteiger partial charge in [0.2, 0.25) is 0 Å². The molecule has 0 saturated heterocycles. The van der Waals surface area contributed by atoms with Gasteiger partial charge in [0, 0.05) is 18.7 Å². The molecule has 0 fully saturated rings. The van der Waals surface area contributed by atoms with E-state index in [9.17, 15) is 13.2 Å². The van der Waals surface area contributed by atoms with Crippen LogP contribution in [0.15, 0.2) is 84.0 Å². The molecule has 0 bridgehead atoms. The van der Waals surface area contributed by atoms with Gasteiger partial charge in [-0.2, -0.15) is 0 Å². The monoisotopic (exact) mass is 464 g/mol. The summed E-state index contributed by atoms with van der Waals surface area (Å²) in [7, 11) is -2.35. The summed E-state index contributed by atoms with van der Waals surface area (Å²) in [5, 5.41) is 2.87. The summed E-state index contributed by atoms with van der Waals surface area (Å²) < 4.78 is 35.1. The van der Waals surface area contributed by atoms with Crippen LogP contribution in [0.4, 0.5) is 5.69 Å². The third-order valence-electron chi connectivity index (χ3n) is 5.17. The summed E-state index contributed by atoms with van der Waals surface area (Å²) in [5.74, 6) is 0.160. The number of ether oxygens (including phenoxy) is 1. The van der Waals surface area contributed by atoms with Crippen molar-refractivity contribution in [2.24, 2.45) is 0 Å². The molecule has 1 heterocycles. The van der Waals surface area contributed by atoms with Gasteiger partial charge in [-0.05, 0) is 55.0 Å². The molecule has 9 heteroatoms. The van der Waals surface area contributed by atoms with Crippen molar-refractivity contribution in [1.82, 2.24) is 14.9 Å². The number of hydrogen-bond donors (Lipinski definition) is 2. The van der Waals surface area contributed by atoms with Crippen LogP contribution in [0.3, 0.4) is 0 Å². The highest BCUT2D eigenvalue weighted by molar-refractivity contribution is 7.92. The molecule has 2 N–H and O–H groups in total. The largest absolute Gasteiger partial charge is 0.495 e. The number of fused-ring (bicyclic) bond motifs is 1. The first kappa shape index (κ1) is 22.3. The predicted molar refractivity (Wildman–Crippen MR) is 127 cm³/mol. The number of rotatable bonds is 9. The first-order valence-electron chi connectivity index (χ1n) is 10.4. The third-order valence-corrected chi connectivity index (χ3v) is 6.55. The van der Waals surface area contributed by atoms with Crippen LogP contribution in [0.5, 0.6) is 5.75 Å². The second-order valence-electron chi connectivity index (χ2n) is 7.37. The molecule has 0 saturated carbocycles. The van der Waals surface area contributed by atoms with E-state index >= 15 is 0 Å². The molecule has 0 radical (unpaired) electrons. The lowest BCUT2D eigenvalue weighted by Gasteiger charge is -2.12.